The molecule has 0 aliphatic carbocycles. The lowest BCUT2D eigenvalue weighted by Crippen LogP contribution is -1.95. The predicted octanol–water partition coefficient (Wildman–Crippen LogP) is 3.94. The zero-order valence-electron chi connectivity index (χ0n) is 11.5. The van der Waals surface area contributed by atoms with E-state index in [2.05, 4.69) is 4.98 Å². The summed E-state index contributed by atoms with van der Waals surface area (Å²) < 4.78 is 5.53. The quantitative estimate of drug-likeness (QED) is 0.395. The zero-order valence-corrected chi connectivity index (χ0v) is 12.4. The Morgan fingerprint density at radius 3 is 2.30 bits per heavy atom. The van der Waals surface area contributed by atoms with Gasteiger partial charge in [0.15, 0.2) is 5.58 Å². The maximum atomic E-state index is 10.9. The third-order valence-corrected chi connectivity index (χ3v) is 3.92. The highest BCUT2D eigenvalue weighted by Crippen LogP contribution is 2.29. The monoisotopic (exact) mass is 331 g/mol. The van der Waals surface area contributed by atoms with Gasteiger partial charge in [0.25, 0.3) is 16.6 Å². The van der Waals surface area contributed by atoms with Crippen LogP contribution in [0, 0.1) is 20.2 Å². The van der Waals surface area contributed by atoms with Crippen LogP contribution in [0.4, 0.5) is 11.4 Å². The van der Waals surface area contributed by atoms with Gasteiger partial charge in [0, 0.05) is 17.9 Å². The summed E-state index contributed by atoms with van der Waals surface area (Å²) in [7, 11) is 0. The van der Waals surface area contributed by atoms with Crippen LogP contribution in [-0.4, -0.2) is 14.8 Å². The molecule has 23 heavy (non-hydrogen) atoms. The maximum Gasteiger partial charge on any atom is 0.276 e. The van der Waals surface area contributed by atoms with Crippen LogP contribution in [0.5, 0.6) is 0 Å². The second-order valence-corrected chi connectivity index (χ2v) is 5.53. The number of nitro groups is 2. The summed E-state index contributed by atoms with van der Waals surface area (Å²) in [5.74, 6) is 0.273. The van der Waals surface area contributed by atoms with Crippen LogP contribution in [0.3, 0.4) is 0 Å². The molecule has 0 aliphatic rings. The number of hydrogen-bond acceptors (Lipinski definition) is 7. The Morgan fingerprint density at radius 1 is 1.04 bits per heavy atom. The van der Waals surface area contributed by atoms with Gasteiger partial charge >= 0.3 is 0 Å². The maximum absolute atomic E-state index is 10.9. The number of oxazole rings is 1. The number of non-ortho nitro benzene ring substituents is 2. The van der Waals surface area contributed by atoms with Gasteiger partial charge in [-0.25, -0.2) is 4.98 Å². The van der Waals surface area contributed by atoms with Gasteiger partial charge in [-0.2, -0.15) is 0 Å². The first-order valence-electron chi connectivity index (χ1n) is 6.44. The van der Waals surface area contributed by atoms with Crippen molar-refractivity contribution >= 4 is 34.2 Å². The lowest BCUT2D eigenvalue weighted by Gasteiger charge is -2.00. The average molecular weight is 331 g/mol. The molecule has 0 saturated heterocycles. The Kier molecular flexibility index (Phi) is 3.94. The summed E-state index contributed by atoms with van der Waals surface area (Å²) in [5, 5.41) is 22.1. The summed E-state index contributed by atoms with van der Waals surface area (Å²) in [6.07, 6.45) is 0. The molecule has 0 spiro atoms. The van der Waals surface area contributed by atoms with E-state index < -0.39 is 9.85 Å². The van der Waals surface area contributed by atoms with Crippen molar-refractivity contribution in [3.8, 4) is 0 Å². The van der Waals surface area contributed by atoms with E-state index in [4.69, 9.17) is 4.42 Å². The normalized spacial score (nSPS) is 10.8. The number of benzene rings is 2. The number of fused-ring (bicyclic) bond motifs is 1. The number of aromatic nitrogens is 1. The molecule has 1 aromatic heterocycles. The van der Waals surface area contributed by atoms with Crippen molar-refractivity contribution in [3.63, 3.8) is 0 Å². The molecule has 0 saturated carbocycles. The minimum Gasteiger partial charge on any atom is -0.431 e. The van der Waals surface area contributed by atoms with E-state index in [1.54, 1.807) is 12.1 Å². The highest BCUT2D eigenvalue weighted by atomic mass is 32.2. The summed E-state index contributed by atoms with van der Waals surface area (Å²) in [6.45, 7) is 0. The van der Waals surface area contributed by atoms with Gasteiger partial charge in [-0.3, -0.25) is 20.2 Å². The number of nitrogens with zero attached hydrogens (tertiary/aromatic N) is 3. The van der Waals surface area contributed by atoms with E-state index in [9.17, 15) is 20.2 Å². The summed E-state index contributed by atoms with van der Waals surface area (Å²) in [6, 6.07) is 10.8. The van der Waals surface area contributed by atoms with Gasteiger partial charge in [0.1, 0.15) is 5.52 Å². The molecular formula is C14H9N3O5S. The van der Waals surface area contributed by atoms with Gasteiger partial charge in [0.05, 0.1) is 15.9 Å². The van der Waals surface area contributed by atoms with Gasteiger partial charge in [-0.05, 0) is 17.7 Å². The molecule has 3 aromatic rings. The van der Waals surface area contributed by atoms with E-state index in [0.717, 1.165) is 6.07 Å². The fourth-order valence-corrected chi connectivity index (χ4v) is 2.78. The molecule has 8 nitrogen and oxygen atoms in total. The molecule has 116 valence electrons. The fourth-order valence-electron chi connectivity index (χ4n) is 2.01. The first-order chi connectivity index (χ1) is 11.0. The van der Waals surface area contributed by atoms with E-state index in [0.29, 0.717) is 21.9 Å². The highest BCUT2D eigenvalue weighted by molar-refractivity contribution is 7.98. The van der Waals surface area contributed by atoms with Crippen molar-refractivity contribution in [2.75, 3.05) is 0 Å². The van der Waals surface area contributed by atoms with Crippen LogP contribution < -0.4 is 0 Å². The topological polar surface area (TPSA) is 112 Å². The lowest BCUT2D eigenvalue weighted by atomic mass is 10.2. The molecule has 2 aromatic carbocycles. The molecule has 0 unspecified atom stereocenters. The first-order valence-corrected chi connectivity index (χ1v) is 7.42. The Balaban J connectivity index is 1.84. The van der Waals surface area contributed by atoms with E-state index in [1.165, 1.54) is 23.9 Å². The third kappa shape index (κ3) is 3.29. The zero-order chi connectivity index (χ0) is 16.4. The van der Waals surface area contributed by atoms with Crippen molar-refractivity contribution < 1.29 is 14.3 Å². The highest BCUT2D eigenvalue weighted by Gasteiger charge is 2.17. The van der Waals surface area contributed by atoms with Gasteiger partial charge in [0.2, 0.25) is 0 Å². The van der Waals surface area contributed by atoms with Gasteiger partial charge in [-0.1, -0.05) is 23.9 Å². The van der Waals surface area contributed by atoms with E-state index in [-0.39, 0.29) is 17.1 Å². The molecular weight excluding hydrogens is 322 g/mol. The van der Waals surface area contributed by atoms with Gasteiger partial charge in [-0.15, -0.1) is 0 Å². The predicted molar refractivity (Wildman–Crippen MR) is 83.3 cm³/mol. The van der Waals surface area contributed by atoms with Crippen LogP contribution in [0.25, 0.3) is 11.1 Å². The molecule has 0 aliphatic heterocycles. The number of para-hydroxylation sites is 2. The molecule has 0 bridgehead atoms. The summed E-state index contributed by atoms with van der Waals surface area (Å²) in [4.78, 5) is 24.7. The van der Waals surface area contributed by atoms with Crippen molar-refractivity contribution in [3.05, 3.63) is 68.3 Å². The van der Waals surface area contributed by atoms with Crippen LogP contribution in [0.15, 0.2) is 52.1 Å². The van der Waals surface area contributed by atoms with Crippen LogP contribution in [-0.2, 0) is 5.75 Å². The average Bonchev–Trinajstić information content (AvgIpc) is 2.95. The Bertz CT molecular complexity index is 843. The molecule has 3 rings (SSSR count). The minimum atomic E-state index is -0.652. The van der Waals surface area contributed by atoms with Crippen molar-refractivity contribution in [1.29, 1.82) is 0 Å². The second-order valence-electron chi connectivity index (χ2n) is 4.61. The van der Waals surface area contributed by atoms with Crippen molar-refractivity contribution in [2.24, 2.45) is 0 Å². The smallest absolute Gasteiger partial charge is 0.276 e. The standard InChI is InChI=1S/C14H9N3O5S/c18-16(19)10-5-9(6-11(7-10)17(20)21)8-23-14-15-12-3-1-2-4-13(12)22-14/h1-7H,8H2. The third-order valence-electron chi connectivity index (χ3n) is 3.02. The summed E-state index contributed by atoms with van der Waals surface area (Å²) >= 11 is 1.22. The molecule has 0 N–H and O–H groups in total. The Morgan fingerprint density at radius 2 is 1.70 bits per heavy atom. The number of rotatable bonds is 5. The lowest BCUT2D eigenvalue weighted by molar-refractivity contribution is -0.394. The van der Waals surface area contributed by atoms with E-state index >= 15 is 0 Å². The minimum absolute atomic E-state index is 0.273. The largest absolute Gasteiger partial charge is 0.431 e. The molecule has 0 amide bonds. The van der Waals surface area contributed by atoms with Crippen LogP contribution in [0.1, 0.15) is 5.56 Å². The molecule has 1 heterocycles. The Hall–Kier alpha value is -2.94. The molecule has 0 radical (unpaired) electrons. The molecule has 0 atom stereocenters. The van der Waals surface area contributed by atoms with Crippen LogP contribution in [0.2, 0.25) is 0 Å². The van der Waals surface area contributed by atoms with Crippen molar-refractivity contribution in [2.45, 2.75) is 11.0 Å². The first kappa shape index (κ1) is 15.0. The molecule has 9 heteroatoms. The van der Waals surface area contributed by atoms with Gasteiger partial charge < -0.3 is 4.42 Å². The number of nitro benzene ring substituents is 2. The van der Waals surface area contributed by atoms with Crippen molar-refractivity contribution in [1.82, 2.24) is 4.98 Å². The van der Waals surface area contributed by atoms with Crippen LogP contribution >= 0.6 is 11.8 Å². The number of hydrogen-bond donors (Lipinski definition) is 0. The number of thioether (sulfide) groups is 1. The Labute approximate surface area is 133 Å². The van der Waals surface area contributed by atoms with E-state index in [1.807, 2.05) is 12.1 Å². The SMILES string of the molecule is O=[N+]([O-])c1cc(CSc2nc3ccccc3o2)cc([N+](=O)[O-])c1. The second kappa shape index (κ2) is 6.05. The summed E-state index contributed by atoms with van der Waals surface area (Å²) in [5.41, 5.74) is 1.18. The molecule has 0 fully saturated rings. The fraction of sp³-hybridized carbons (Fsp3) is 0.0714.